The third kappa shape index (κ3) is 4.12. The lowest BCUT2D eigenvalue weighted by Gasteiger charge is -2.14. The third-order valence-corrected chi connectivity index (χ3v) is 3.90. The number of rotatable bonds is 4. The second-order valence-corrected chi connectivity index (χ2v) is 5.75. The minimum atomic E-state index is -0.0291. The van der Waals surface area contributed by atoms with Crippen molar-refractivity contribution < 1.29 is 0 Å². The van der Waals surface area contributed by atoms with Crippen molar-refractivity contribution in [1.82, 2.24) is 0 Å². The summed E-state index contributed by atoms with van der Waals surface area (Å²) in [7, 11) is 0. The zero-order chi connectivity index (χ0) is 13.8. The lowest BCUT2D eigenvalue weighted by molar-refractivity contribution is 0.665. The summed E-state index contributed by atoms with van der Waals surface area (Å²) in [6, 6.07) is 13.2. The number of halogens is 3. The average Bonchev–Trinajstić information content (AvgIpc) is 2.37. The van der Waals surface area contributed by atoms with E-state index in [1.807, 2.05) is 42.5 Å². The van der Waals surface area contributed by atoms with Gasteiger partial charge in [0.25, 0.3) is 0 Å². The van der Waals surface area contributed by atoms with Crippen molar-refractivity contribution in [3.05, 3.63) is 68.7 Å². The molecular formula is C15H14Cl3N. The average molecular weight is 315 g/mol. The zero-order valence-corrected chi connectivity index (χ0v) is 12.5. The summed E-state index contributed by atoms with van der Waals surface area (Å²) in [5.74, 6) is 0. The molecule has 1 unspecified atom stereocenters. The van der Waals surface area contributed by atoms with Gasteiger partial charge in [0.2, 0.25) is 0 Å². The molecule has 2 aromatic rings. The van der Waals surface area contributed by atoms with Gasteiger partial charge in [0.05, 0.1) is 0 Å². The Kier molecular flexibility index (Phi) is 5.12. The van der Waals surface area contributed by atoms with Crippen LogP contribution in [0.25, 0.3) is 0 Å². The molecule has 100 valence electrons. The van der Waals surface area contributed by atoms with E-state index in [2.05, 4.69) is 0 Å². The van der Waals surface area contributed by atoms with Gasteiger partial charge < -0.3 is 5.73 Å². The fourth-order valence-corrected chi connectivity index (χ4v) is 2.66. The second kappa shape index (κ2) is 6.62. The molecule has 0 fully saturated rings. The van der Waals surface area contributed by atoms with E-state index in [4.69, 9.17) is 40.5 Å². The number of hydrogen-bond donors (Lipinski definition) is 1. The fourth-order valence-electron chi connectivity index (χ4n) is 1.98. The molecule has 0 heterocycles. The lowest BCUT2D eigenvalue weighted by atomic mass is 10.00. The maximum absolute atomic E-state index is 6.16. The van der Waals surface area contributed by atoms with Gasteiger partial charge in [-0.1, -0.05) is 53.0 Å². The van der Waals surface area contributed by atoms with Crippen molar-refractivity contribution in [1.29, 1.82) is 0 Å². The second-order valence-electron chi connectivity index (χ2n) is 4.50. The topological polar surface area (TPSA) is 26.0 Å². The minimum Gasteiger partial charge on any atom is -0.327 e. The van der Waals surface area contributed by atoms with Crippen LogP contribution >= 0.6 is 34.8 Å². The first-order chi connectivity index (χ1) is 9.06. The number of benzene rings is 2. The van der Waals surface area contributed by atoms with Crippen LogP contribution in [0.15, 0.2) is 42.5 Å². The van der Waals surface area contributed by atoms with Gasteiger partial charge in [0.15, 0.2) is 0 Å². The van der Waals surface area contributed by atoms with Crippen LogP contribution in [0.1, 0.15) is 11.1 Å². The van der Waals surface area contributed by atoms with Gasteiger partial charge in [-0.2, -0.15) is 0 Å². The van der Waals surface area contributed by atoms with Crippen molar-refractivity contribution in [3.8, 4) is 0 Å². The van der Waals surface area contributed by atoms with Gasteiger partial charge in [-0.05, 0) is 48.2 Å². The van der Waals surface area contributed by atoms with Crippen LogP contribution in [0, 0.1) is 0 Å². The van der Waals surface area contributed by atoms with Gasteiger partial charge in [0, 0.05) is 21.1 Å². The Bertz CT molecular complexity index is 532. The van der Waals surface area contributed by atoms with Crippen molar-refractivity contribution >= 4 is 34.8 Å². The zero-order valence-electron chi connectivity index (χ0n) is 10.2. The van der Waals surface area contributed by atoms with E-state index in [1.165, 1.54) is 0 Å². The van der Waals surface area contributed by atoms with Gasteiger partial charge in [-0.3, -0.25) is 0 Å². The van der Waals surface area contributed by atoms with E-state index in [0.29, 0.717) is 16.5 Å². The normalized spacial score (nSPS) is 12.4. The predicted octanol–water partition coefficient (Wildman–Crippen LogP) is 4.76. The molecule has 2 N–H and O–H groups in total. The highest BCUT2D eigenvalue weighted by Crippen LogP contribution is 2.25. The summed E-state index contributed by atoms with van der Waals surface area (Å²) in [5.41, 5.74) is 8.23. The summed E-state index contributed by atoms with van der Waals surface area (Å²) >= 11 is 18.1. The van der Waals surface area contributed by atoms with Crippen LogP contribution in [-0.4, -0.2) is 6.04 Å². The maximum Gasteiger partial charge on any atom is 0.0453 e. The van der Waals surface area contributed by atoms with Gasteiger partial charge in [-0.15, -0.1) is 0 Å². The summed E-state index contributed by atoms with van der Waals surface area (Å²) in [4.78, 5) is 0. The van der Waals surface area contributed by atoms with Crippen molar-refractivity contribution in [2.24, 2.45) is 5.73 Å². The minimum absolute atomic E-state index is 0.0291. The van der Waals surface area contributed by atoms with Gasteiger partial charge in [0.1, 0.15) is 0 Å². The quantitative estimate of drug-likeness (QED) is 0.865. The summed E-state index contributed by atoms with van der Waals surface area (Å²) < 4.78 is 0. The Morgan fingerprint density at radius 1 is 0.842 bits per heavy atom. The van der Waals surface area contributed by atoms with Crippen LogP contribution in [0.5, 0.6) is 0 Å². The van der Waals surface area contributed by atoms with Crippen molar-refractivity contribution in [2.45, 2.75) is 18.9 Å². The van der Waals surface area contributed by atoms with Crippen LogP contribution in [0.3, 0.4) is 0 Å². The predicted molar refractivity (Wildman–Crippen MR) is 83.3 cm³/mol. The van der Waals surface area contributed by atoms with Crippen molar-refractivity contribution in [3.63, 3.8) is 0 Å². The molecule has 0 bridgehead atoms. The summed E-state index contributed by atoms with van der Waals surface area (Å²) in [6.07, 6.45) is 1.42. The standard InChI is InChI=1S/C15H14Cl3N/c16-11-6-4-10(5-7-11)8-12(19)9-13-14(17)2-1-3-15(13)18/h1-7,12H,8-9,19H2. The molecule has 0 radical (unpaired) electrons. The van der Waals surface area contributed by atoms with E-state index in [1.54, 1.807) is 0 Å². The molecule has 0 aliphatic heterocycles. The van der Waals surface area contributed by atoms with Crippen LogP contribution < -0.4 is 5.73 Å². The molecule has 19 heavy (non-hydrogen) atoms. The molecule has 2 aromatic carbocycles. The number of nitrogens with two attached hydrogens (primary N) is 1. The maximum atomic E-state index is 6.16. The molecule has 0 spiro atoms. The SMILES string of the molecule is NC(Cc1ccc(Cl)cc1)Cc1c(Cl)cccc1Cl. The third-order valence-electron chi connectivity index (χ3n) is 2.94. The van der Waals surface area contributed by atoms with E-state index in [9.17, 15) is 0 Å². The van der Waals surface area contributed by atoms with E-state index < -0.39 is 0 Å². The smallest absolute Gasteiger partial charge is 0.0453 e. The highest BCUT2D eigenvalue weighted by Gasteiger charge is 2.11. The Morgan fingerprint density at radius 2 is 1.42 bits per heavy atom. The van der Waals surface area contributed by atoms with E-state index in [0.717, 1.165) is 22.6 Å². The van der Waals surface area contributed by atoms with Crippen LogP contribution in [0.2, 0.25) is 15.1 Å². The molecule has 0 aliphatic rings. The van der Waals surface area contributed by atoms with Gasteiger partial charge >= 0.3 is 0 Å². The molecule has 0 amide bonds. The highest BCUT2D eigenvalue weighted by molar-refractivity contribution is 6.36. The Labute approximate surface area is 128 Å². The summed E-state index contributed by atoms with van der Waals surface area (Å²) in [5, 5.41) is 2.06. The Hall–Kier alpha value is -0.730. The van der Waals surface area contributed by atoms with E-state index >= 15 is 0 Å². The number of hydrogen-bond acceptors (Lipinski definition) is 1. The molecule has 0 aromatic heterocycles. The Balaban J connectivity index is 2.05. The first kappa shape index (κ1) is 14.7. The highest BCUT2D eigenvalue weighted by atomic mass is 35.5. The largest absolute Gasteiger partial charge is 0.327 e. The van der Waals surface area contributed by atoms with Crippen LogP contribution in [0.4, 0.5) is 0 Å². The van der Waals surface area contributed by atoms with E-state index in [-0.39, 0.29) is 6.04 Å². The summed E-state index contributed by atoms with van der Waals surface area (Å²) in [6.45, 7) is 0. The molecule has 1 nitrogen and oxygen atoms in total. The molecule has 4 heteroatoms. The molecule has 0 saturated carbocycles. The van der Waals surface area contributed by atoms with Crippen molar-refractivity contribution in [2.75, 3.05) is 0 Å². The molecular weight excluding hydrogens is 301 g/mol. The van der Waals surface area contributed by atoms with Gasteiger partial charge in [-0.25, -0.2) is 0 Å². The first-order valence-corrected chi connectivity index (χ1v) is 7.12. The fraction of sp³-hybridized carbons (Fsp3) is 0.200. The van der Waals surface area contributed by atoms with Crippen LogP contribution in [-0.2, 0) is 12.8 Å². The molecule has 1 atom stereocenters. The Morgan fingerprint density at radius 3 is 2.00 bits per heavy atom. The first-order valence-electron chi connectivity index (χ1n) is 5.99. The monoisotopic (exact) mass is 313 g/mol. The molecule has 0 saturated heterocycles. The molecule has 2 rings (SSSR count). The molecule has 0 aliphatic carbocycles. The lowest BCUT2D eigenvalue weighted by Crippen LogP contribution is -2.25.